The summed E-state index contributed by atoms with van der Waals surface area (Å²) in [6.45, 7) is 4.57. The van der Waals surface area contributed by atoms with Gasteiger partial charge in [0, 0.05) is 38.6 Å². The summed E-state index contributed by atoms with van der Waals surface area (Å²) >= 11 is 0. The molecule has 0 bridgehead atoms. The molecule has 0 saturated heterocycles. The van der Waals surface area contributed by atoms with Crippen LogP contribution in [0, 0.1) is 0 Å². The van der Waals surface area contributed by atoms with Gasteiger partial charge >= 0.3 is 0 Å². The fraction of sp³-hybridized carbons (Fsp3) is 0.0909. The van der Waals surface area contributed by atoms with E-state index in [2.05, 4.69) is 128 Å². The van der Waals surface area contributed by atoms with E-state index in [0.717, 1.165) is 17.1 Å². The van der Waals surface area contributed by atoms with E-state index in [-0.39, 0.29) is 5.41 Å². The van der Waals surface area contributed by atoms with Gasteiger partial charge < -0.3 is 9.30 Å². The molecular formula is C33H25NO. The summed E-state index contributed by atoms with van der Waals surface area (Å²) in [5, 5.41) is 2.50. The SMILES string of the molecule is CC1(C)c2ccccc2Oc2c(-c3ccc4c(c3)c3ccccc3n4-c3ccccc3)cccc21. The number of benzene rings is 5. The first-order valence-corrected chi connectivity index (χ1v) is 12.1. The van der Waals surface area contributed by atoms with Crippen molar-refractivity contribution < 1.29 is 4.74 Å². The molecule has 0 aliphatic carbocycles. The highest BCUT2D eigenvalue weighted by Gasteiger charge is 2.35. The molecule has 35 heavy (non-hydrogen) atoms. The maximum absolute atomic E-state index is 6.57. The number of fused-ring (bicyclic) bond motifs is 5. The van der Waals surface area contributed by atoms with Crippen molar-refractivity contribution in [2.45, 2.75) is 19.3 Å². The van der Waals surface area contributed by atoms with Crippen molar-refractivity contribution in [3.8, 4) is 28.3 Å². The first kappa shape index (κ1) is 20.1. The highest BCUT2D eigenvalue weighted by atomic mass is 16.5. The zero-order chi connectivity index (χ0) is 23.6. The molecule has 1 aliphatic heterocycles. The van der Waals surface area contributed by atoms with Crippen LogP contribution in [0.2, 0.25) is 0 Å². The highest BCUT2D eigenvalue weighted by Crippen LogP contribution is 2.51. The van der Waals surface area contributed by atoms with Gasteiger partial charge in [-0.3, -0.25) is 0 Å². The Morgan fingerprint density at radius 1 is 0.600 bits per heavy atom. The van der Waals surface area contributed by atoms with Crippen LogP contribution in [0.4, 0.5) is 0 Å². The third kappa shape index (κ3) is 2.90. The van der Waals surface area contributed by atoms with Crippen LogP contribution >= 0.6 is 0 Å². The molecule has 0 unspecified atom stereocenters. The smallest absolute Gasteiger partial charge is 0.139 e. The van der Waals surface area contributed by atoms with Crippen molar-refractivity contribution in [2.75, 3.05) is 0 Å². The Kier molecular flexibility index (Phi) is 4.22. The first-order valence-electron chi connectivity index (χ1n) is 12.1. The van der Waals surface area contributed by atoms with Crippen molar-refractivity contribution in [3.05, 3.63) is 126 Å². The van der Waals surface area contributed by atoms with E-state index in [9.17, 15) is 0 Å². The molecule has 0 spiro atoms. The van der Waals surface area contributed by atoms with Gasteiger partial charge in [-0.1, -0.05) is 92.7 Å². The summed E-state index contributed by atoms with van der Waals surface area (Å²) in [4.78, 5) is 0. The van der Waals surface area contributed by atoms with E-state index in [0.29, 0.717) is 0 Å². The monoisotopic (exact) mass is 451 g/mol. The zero-order valence-corrected chi connectivity index (χ0v) is 19.8. The molecule has 0 atom stereocenters. The lowest BCUT2D eigenvalue weighted by atomic mass is 9.75. The van der Waals surface area contributed by atoms with Crippen molar-refractivity contribution in [1.29, 1.82) is 0 Å². The second-order valence-corrected chi connectivity index (χ2v) is 9.83. The zero-order valence-electron chi connectivity index (χ0n) is 19.8. The molecular weight excluding hydrogens is 426 g/mol. The fourth-order valence-electron chi connectivity index (χ4n) is 5.69. The van der Waals surface area contributed by atoms with E-state index in [1.54, 1.807) is 0 Å². The minimum absolute atomic E-state index is 0.131. The number of hydrogen-bond donors (Lipinski definition) is 0. The Morgan fingerprint density at radius 2 is 1.31 bits per heavy atom. The number of rotatable bonds is 2. The highest BCUT2D eigenvalue weighted by molar-refractivity contribution is 6.10. The summed E-state index contributed by atoms with van der Waals surface area (Å²) < 4.78 is 8.92. The fourth-order valence-corrected chi connectivity index (χ4v) is 5.69. The van der Waals surface area contributed by atoms with Gasteiger partial charge in [-0.05, 0) is 42.0 Å². The topological polar surface area (TPSA) is 14.2 Å². The quantitative estimate of drug-likeness (QED) is 0.256. The molecule has 2 heteroatoms. The molecule has 5 aromatic carbocycles. The van der Waals surface area contributed by atoms with Gasteiger partial charge in [-0.15, -0.1) is 0 Å². The van der Waals surface area contributed by atoms with Gasteiger partial charge in [-0.25, -0.2) is 0 Å². The van der Waals surface area contributed by atoms with Crippen LogP contribution in [0.25, 0.3) is 38.6 Å². The van der Waals surface area contributed by atoms with Crippen LogP contribution in [-0.4, -0.2) is 4.57 Å². The summed E-state index contributed by atoms with van der Waals surface area (Å²) in [5.74, 6) is 1.90. The van der Waals surface area contributed by atoms with Gasteiger partial charge in [-0.2, -0.15) is 0 Å². The summed E-state index contributed by atoms with van der Waals surface area (Å²) in [6.07, 6.45) is 0. The van der Waals surface area contributed by atoms with Gasteiger partial charge in [0.25, 0.3) is 0 Å². The van der Waals surface area contributed by atoms with Crippen LogP contribution in [-0.2, 0) is 5.41 Å². The Labute approximate surface area is 205 Å². The van der Waals surface area contributed by atoms with E-state index in [1.165, 1.54) is 44.2 Å². The number of aromatic nitrogens is 1. The Bertz CT molecular complexity index is 1740. The maximum Gasteiger partial charge on any atom is 0.139 e. The largest absolute Gasteiger partial charge is 0.456 e. The van der Waals surface area contributed by atoms with E-state index >= 15 is 0 Å². The minimum Gasteiger partial charge on any atom is -0.456 e. The third-order valence-electron chi connectivity index (χ3n) is 7.46. The van der Waals surface area contributed by atoms with Crippen molar-refractivity contribution >= 4 is 21.8 Å². The Balaban J connectivity index is 1.47. The molecule has 0 saturated carbocycles. The van der Waals surface area contributed by atoms with Crippen molar-refractivity contribution in [1.82, 2.24) is 4.57 Å². The maximum atomic E-state index is 6.57. The standard InChI is InChI=1S/C33H25NO/c1-33(2)27-15-7-9-18-31(27)35-32-24(14-10-16-28(32)33)22-19-20-30-26(21-22)25-13-6-8-17-29(25)34(30)23-11-4-3-5-12-23/h3-21H,1-2H3. The molecule has 0 N–H and O–H groups in total. The number of nitrogens with zero attached hydrogens (tertiary/aromatic N) is 1. The van der Waals surface area contributed by atoms with Crippen LogP contribution in [0.1, 0.15) is 25.0 Å². The lowest BCUT2D eigenvalue weighted by Crippen LogP contribution is -2.24. The predicted octanol–water partition coefficient (Wildman–Crippen LogP) is 8.88. The van der Waals surface area contributed by atoms with Crippen LogP contribution in [0.5, 0.6) is 11.5 Å². The summed E-state index contributed by atoms with van der Waals surface area (Å²) in [5.41, 5.74) is 8.21. The van der Waals surface area contributed by atoms with Crippen LogP contribution in [0.15, 0.2) is 115 Å². The lowest BCUT2D eigenvalue weighted by Gasteiger charge is -2.35. The number of ether oxygens (including phenoxy) is 1. The number of para-hydroxylation sites is 4. The molecule has 168 valence electrons. The minimum atomic E-state index is -0.131. The van der Waals surface area contributed by atoms with Gasteiger partial charge in [0.2, 0.25) is 0 Å². The molecule has 1 aliphatic rings. The van der Waals surface area contributed by atoms with Gasteiger partial charge in [0.05, 0.1) is 11.0 Å². The molecule has 0 radical (unpaired) electrons. The van der Waals surface area contributed by atoms with E-state index in [4.69, 9.17) is 4.74 Å². The Hall–Kier alpha value is -4.30. The normalized spacial score (nSPS) is 13.9. The lowest BCUT2D eigenvalue weighted by molar-refractivity contribution is 0.419. The molecule has 0 fully saturated rings. The first-order chi connectivity index (χ1) is 17.1. The van der Waals surface area contributed by atoms with Crippen molar-refractivity contribution in [3.63, 3.8) is 0 Å². The average Bonchev–Trinajstić information content (AvgIpc) is 3.23. The summed E-state index contributed by atoms with van der Waals surface area (Å²) in [6, 6.07) is 41.0. The molecule has 7 rings (SSSR count). The predicted molar refractivity (Wildman–Crippen MR) is 145 cm³/mol. The van der Waals surface area contributed by atoms with Crippen molar-refractivity contribution in [2.24, 2.45) is 0 Å². The third-order valence-corrected chi connectivity index (χ3v) is 7.46. The molecule has 2 nitrogen and oxygen atoms in total. The second kappa shape index (κ2) is 7.35. The number of hydrogen-bond acceptors (Lipinski definition) is 1. The second-order valence-electron chi connectivity index (χ2n) is 9.83. The molecule has 2 heterocycles. The van der Waals surface area contributed by atoms with Gasteiger partial charge in [0.1, 0.15) is 11.5 Å². The average molecular weight is 452 g/mol. The molecule has 0 amide bonds. The molecule has 1 aromatic heterocycles. The Morgan fingerprint density at radius 3 is 2.20 bits per heavy atom. The van der Waals surface area contributed by atoms with Crippen LogP contribution in [0.3, 0.4) is 0 Å². The van der Waals surface area contributed by atoms with E-state index in [1.807, 2.05) is 6.07 Å². The molecule has 6 aromatic rings. The van der Waals surface area contributed by atoms with Gasteiger partial charge in [0.15, 0.2) is 0 Å². The summed E-state index contributed by atoms with van der Waals surface area (Å²) in [7, 11) is 0. The van der Waals surface area contributed by atoms with E-state index < -0.39 is 0 Å². The van der Waals surface area contributed by atoms with Crippen LogP contribution < -0.4 is 4.74 Å².